The van der Waals surface area contributed by atoms with E-state index in [1.807, 2.05) is 11.8 Å². The molecule has 1 unspecified atom stereocenters. The van der Waals surface area contributed by atoms with Crippen LogP contribution in [0.4, 0.5) is 0 Å². The highest BCUT2D eigenvalue weighted by Gasteiger charge is 2.32. The number of carbonyl (C=O) groups is 1. The van der Waals surface area contributed by atoms with Crippen LogP contribution in [0.3, 0.4) is 0 Å². The lowest BCUT2D eigenvalue weighted by molar-refractivity contribution is -0.138. The maximum absolute atomic E-state index is 11.0. The quantitative estimate of drug-likeness (QED) is 0.841. The molecule has 0 bridgehead atoms. The third-order valence-corrected chi connectivity index (χ3v) is 5.42. The van der Waals surface area contributed by atoms with E-state index < -0.39 is 5.97 Å². The van der Waals surface area contributed by atoms with Crippen LogP contribution < -0.4 is 0 Å². The highest BCUT2D eigenvalue weighted by atomic mass is 32.2. The second-order valence-corrected chi connectivity index (χ2v) is 7.64. The van der Waals surface area contributed by atoms with E-state index >= 15 is 0 Å². The molecule has 2 saturated heterocycles. The second-order valence-electron chi connectivity index (χ2n) is 6.49. The Morgan fingerprint density at radius 2 is 2.00 bits per heavy atom. The Hall–Kier alpha value is -0.260. The van der Waals surface area contributed by atoms with Crippen molar-refractivity contribution in [2.45, 2.75) is 45.2 Å². The van der Waals surface area contributed by atoms with Crippen LogP contribution in [0, 0.1) is 5.92 Å². The monoisotopic (exact) mass is 300 g/mol. The number of carboxylic acids is 1. The summed E-state index contributed by atoms with van der Waals surface area (Å²) in [5, 5.41) is 9.08. The van der Waals surface area contributed by atoms with Crippen molar-refractivity contribution in [3.8, 4) is 0 Å². The van der Waals surface area contributed by atoms with E-state index in [-0.39, 0.29) is 6.04 Å². The molecule has 5 heteroatoms. The molecule has 0 aromatic carbocycles. The highest BCUT2D eigenvalue weighted by Crippen LogP contribution is 2.26. The molecular weight excluding hydrogens is 272 g/mol. The molecule has 1 atom stereocenters. The average molecular weight is 300 g/mol. The van der Waals surface area contributed by atoms with Gasteiger partial charge in [-0.25, -0.2) is 0 Å². The summed E-state index contributed by atoms with van der Waals surface area (Å²) in [6.07, 6.45) is 2.71. The van der Waals surface area contributed by atoms with E-state index in [0.717, 1.165) is 24.0 Å². The van der Waals surface area contributed by atoms with Crippen molar-refractivity contribution in [1.29, 1.82) is 0 Å². The molecule has 4 nitrogen and oxygen atoms in total. The Bertz CT molecular complexity index is 317. The fraction of sp³-hybridized carbons (Fsp3) is 0.933. The first-order valence-corrected chi connectivity index (χ1v) is 8.99. The molecule has 2 fully saturated rings. The molecule has 1 N–H and O–H groups in total. The number of hydrogen-bond acceptors (Lipinski definition) is 4. The van der Waals surface area contributed by atoms with Gasteiger partial charge in [0.1, 0.15) is 0 Å². The van der Waals surface area contributed by atoms with E-state index in [0.29, 0.717) is 12.5 Å². The van der Waals surface area contributed by atoms with E-state index in [2.05, 4.69) is 23.6 Å². The molecule has 116 valence electrons. The molecule has 0 spiro atoms. The van der Waals surface area contributed by atoms with Gasteiger partial charge in [-0.3, -0.25) is 9.69 Å². The summed E-state index contributed by atoms with van der Waals surface area (Å²) in [6, 6.07) is 0.844. The predicted molar refractivity (Wildman–Crippen MR) is 84.4 cm³/mol. The van der Waals surface area contributed by atoms with Gasteiger partial charge in [0.25, 0.3) is 0 Å². The zero-order chi connectivity index (χ0) is 14.5. The van der Waals surface area contributed by atoms with Crippen molar-refractivity contribution in [1.82, 2.24) is 9.80 Å². The summed E-state index contributed by atoms with van der Waals surface area (Å²) >= 11 is 1.91. The zero-order valence-electron chi connectivity index (χ0n) is 12.8. The van der Waals surface area contributed by atoms with E-state index in [4.69, 9.17) is 5.11 Å². The first kappa shape index (κ1) is 16.1. The van der Waals surface area contributed by atoms with Gasteiger partial charge in [0, 0.05) is 36.7 Å². The summed E-state index contributed by atoms with van der Waals surface area (Å²) < 4.78 is 0. The lowest BCUT2D eigenvalue weighted by Gasteiger charge is -2.44. The van der Waals surface area contributed by atoms with Crippen LogP contribution in [0.1, 0.15) is 33.1 Å². The minimum Gasteiger partial charge on any atom is -0.481 e. The number of likely N-dealkylation sites (tertiary alicyclic amines) is 1. The smallest absolute Gasteiger partial charge is 0.304 e. The molecular formula is C15H28N2O2S. The summed E-state index contributed by atoms with van der Waals surface area (Å²) in [5.74, 6) is 2.22. The third kappa shape index (κ3) is 4.64. The van der Waals surface area contributed by atoms with Crippen molar-refractivity contribution in [2.75, 3.05) is 37.7 Å². The molecule has 0 aromatic heterocycles. The third-order valence-electron chi connectivity index (χ3n) is 4.33. The Kier molecular flexibility index (Phi) is 6.18. The first-order valence-electron chi connectivity index (χ1n) is 7.84. The Morgan fingerprint density at radius 1 is 1.30 bits per heavy atom. The predicted octanol–water partition coefficient (Wildman–Crippen LogP) is 2.00. The summed E-state index contributed by atoms with van der Waals surface area (Å²) in [7, 11) is 0. The zero-order valence-corrected chi connectivity index (χ0v) is 13.6. The normalized spacial score (nSPS) is 27.1. The molecule has 20 heavy (non-hydrogen) atoms. The maximum Gasteiger partial charge on any atom is 0.304 e. The van der Waals surface area contributed by atoms with Gasteiger partial charge in [-0.15, -0.1) is 0 Å². The van der Waals surface area contributed by atoms with Crippen LogP contribution in [0.25, 0.3) is 0 Å². The van der Waals surface area contributed by atoms with E-state index in [9.17, 15) is 4.79 Å². The Balaban J connectivity index is 1.85. The van der Waals surface area contributed by atoms with Crippen LogP contribution in [0.5, 0.6) is 0 Å². The standard InChI is InChI=1S/C15H28N2O2S/c1-12(2)10-16-5-3-13(4-6-16)17-7-8-20-11-14(17)9-15(18)19/h12-14H,3-11H2,1-2H3,(H,18,19). The number of aliphatic carboxylic acids is 1. The van der Waals surface area contributed by atoms with Crippen molar-refractivity contribution < 1.29 is 9.90 Å². The van der Waals surface area contributed by atoms with E-state index in [1.165, 1.54) is 32.5 Å². The SMILES string of the molecule is CC(C)CN1CCC(N2CCSCC2CC(=O)O)CC1. The van der Waals surface area contributed by atoms with Crippen LogP contribution >= 0.6 is 11.8 Å². The number of piperidine rings is 1. The molecule has 0 amide bonds. The fourth-order valence-corrected chi connectivity index (χ4v) is 4.56. The molecule has 0 aliphatic carbocycles. The van der Waals surface area contributed by atoms with Crippen LogP contribution in [-0.4, -0.2) is 70.6 Å². The largest absolute Gasteiger partial charge is 0.481 e. The summed E-state index contributed by atoms with van der Waals surface area (Å²) in [4.78, 5) is 16.1. The summed E-state index contributed by atoms with van der Waals surface area (Å²) in [6.45, 7) is 9.16. The fourth-order valence-electron chi connectivity index (χ4n) is 3.48. The average Bonchev–Trinajstić information content (AvgIpc) is 2.39. The van der Waals surface area contributed by atoms with Crippen LogP contribution in [0.15, 0.2) is 0 Å². The van der Waals surface area contributed by atoms with Gasteiger partial charge in [-0.2, -0.15) is 11.8 Å². The number of thioether (sulfide) groups is 1. The van der Waals surface area contributed by atoms with Crippen molar-refractivity contribution in [3.05, 3.63) is 0 Å². The highest BCUT2D eigenvalue weighted by molar-refractivity contribution is 7.99. The molecule has 2 rings (SSSR count). The molecule has 0 radical (unpaired) electrons. The first-order chi connectivity index (χ1) is 9.56. The van der Waals surface area contributed by atoms with Gasteiger partial charge in [-0.1, -0.05) is 13.8 Å². The Morgan fingerprint density at radius 3 is 2.60 bits per heavy atom. The number of carboxylic acid groups (broad SMARTS) is 1. The van der Waals surface area contributed by atoms with Gasteiger partial charge in [0.2, 0.25) is 0 Å². The molecule has 0 saturated carbocycles. The van der Waals surface area contributed by atoms with Gasteiger partial charge in [-0.05, 0) is 31.8 Å². The van der Waals surface area contributed by atoms with Crippen molar-refractivity contribution >= 4 is 17.7 Å². The molecule has 0 aromatic rings. The van der Waals surface area contributed by atoms with Gasteiger partial charge < -0.3 is 10.0 Å². The van der Waals surface area contributed by atoms with Crippen molar-refractivity contribution in [3.63, 3.8) is 0 Å². The Labute approximate surface area is 126 Å². The van der Waals surface area contributed by atoms with Crippen molar-refractivity contribution in [2.24, 2.45) is 5.92 Å². The topological polar surface area (TPSA) is 43.8 Å². The molecule has 2 heterocycles. The summed E-state index contributed by atoms with van der Waals surface area (Å²) in [5.41, 5.74) is 0. The lowest BCUT2D eigenvalue weighted by Crippen LogP contribution is -2.53. The molecule has 2 aliphatic rings. The van der Waals surface area contributed by atoms with Gasteiger partial charge >= 0.3 is 5.97 Å². The van der Waals surface area contributed by atoms with Crippen LogP contribution in [-0.2, 0) is 4.79 Å². The van der Waals surface area contributed by atoms with E-state index in [1.54, 1.807) is 0 Å². The number of hydrogen-bond donors (Lipinski definition) is 1. The number of rotatable bonds is 5. The minimum atomic E-state index is -0.653. The second kappa shape index (κ2) is 7.66. The number of nitrogens with zero attached hydrogens (tertiary/aromatic N) is 2. The maximum atomic E-state index is 11.0. The molecule has 2 aliphatic heterocycles. The van der Waals surface area contributed by atoms with Gasteiger partial charge in [0.15, 0.2) is 0 Å². The van der Waals surface area contributed by atoms with Crippen LogP contribution in [0.2, 0.25) is 0 Å². The lowest BCUT2D eigenvalue weighted by atomic mass is 9.99. The minimum absolute atomic E-state index is 0.243. The van der Waals surface area contributed by atoms with Gasteiger partial charge in [0.05, 0.1) is 6.42 Å².